The van der Waals surface area contributed by atoms with Gasteiger partial charge in [-0.3, -0.25) is 19.9 Å². The third-order valence-electron chi connectivity index (χ3n) is 3.63. The molecule has 3 aromatic rings. The molecule has 9 nitrogen and oxygen atoms in total. The Balaban J connectivity index is 1.83. The number of aromatic amines is 1. The summed E-state index contributed by atoms with van der Waals surface area (Å²) in [6.45, 7) is 0. The molecule has 2 N–H and O–H groups in total. The van der Waals surface area contributed by atoms with Crippen LogP contribution in [0.1, 0.15) is 5.56 Å². The number of nitro benzene ring substituents is 1. The quantitative estimate of drug-likeness (QED) is 0.393. The van der Waals surface area contributed by atoms with E-state index in [2.05, 4.69) is 20.5 Å². The third kappa shape index (κ3) is 4.34. The molecule has 9 heteroatoms. The van der Waals surface area contributed by atoms with Crippen LogP contribution in [-0.4, -0.2) is 28.2 Å². The first-order valence-electron chi connectivity index (χ1n) is 7.85. The number of anilines is 1. The topological polar surface area (TPSA) is 123 Å². The molecule has 1 aromatic heterocycles. The van der Waals surface area contributed by atoms with Gasteiger partial charge >= 0.3 is 0 Å². The van der Waals surface area contributed by atoms with Gasteiger partial charge in [0.05, 0.1) is 29.5 Å². The lowest BCUT2D eigenvalue weighted by Crippen LogP contribution is -2.10. The van der Waals surface area contributed by atoms with Crippen LogP contribution in [0.2, 0.25) is 0 Å². The van der Waals surface area contributed by atoms with Gasteiger partial charge in [0.1, 0.15) is 5.75 Å². The van der Waals surface area contributed by atoms with Crippen LogP contribution < -0.4 is 15.7 Å². The fraction of sp³-hybridized carbons (Fsp3) is 0.0556. The molecule has 0 aliphatic heterocycles. The Labute approximate surface area is 153 Å². The van der Waals surface area contributed by atoms with Crippen LogP contribution in [0.4, 0.5) is 11.6 Å². The molecule has 2 aromatic carbocycles. The zero-order chi connectivity index (χ0) is 19.2. The molecule has 0 aliphatic carbocycles. The van der Waals surface area contributed by atoms with Gasteiger partial charge in [-0.25, -0.2) is 10.4 Å². The Morgan fingerprint density at radius 1 is 1.22 bits per heavy atom. The predicted molar refractivity (Wildman–Crippen MR) is 101 cm³/mol. The van der Waals surface area contributed by atoms with Crippen LogP contribution in [0.25, 0.3) is 11.3 Å². The average molecular weight is 365 g/mol. The number of nitrogens with one attached hydrogen (secondary N) is 2. The first kappa shape index (κ1) is 17.8. The molecular weight excluding hydrogens is 350 g/mol. The zero-order valence-corrected chi connectivity index (χ0v) is 14.2. The van der Waals surface area contributed by atoms with Gasteiger partial charge in [-0.05, 0) is 30.3 Å². The number of hydrazone groups is 1. The van der Waals surface area contributed by atoms with E-state index in [0.717, 1.165) is 5.56 Å². The monoisotopic (exact) mass is 365 g/mol. The number of ether oxygens (including phenoxy) is 1. The first-order valence-corrected chi connectivity index (χ1v) is 7.85. The van der Waals surface area contributed by atoms with Gasteiger partial charge in [0, 0.05) is 17.7 Å². The van der Waals surface area contributed by atoms with E-state index in [1.807, 2.05) is 0 Å². The molecule has 0 radical (unpaired) electrons. The first-order chi connectivity index (χ1) is 13.1. The highest BCUT2D eigenvalue weighted by molar-refractivity contribution is 5.85. The van der Waals surface area contributed by atoms with Crippen molar-refractivity contribution in [3.63, 3.8) is 0 Å². The Hall–Kier alpha value is -4.01. The van der Waals surface area contributed by atoms with Gasteiger partial charge in [-0.15, -0.1) is 0 Å². The maximum absolute atomic E-state index is 11.9. The van der Waals surface area contributed by atoms with Crippen LogP contribution in [0.15, 0.2) is 64.5 Å². The standard InChI is InChI=1S/C18H15N5O4/c1-27-14-8-6-12(7-9-14)15-10-17(24)21-18(20-15)22-19-11-13-4-2-3-5-16(13)23(25)26/h2-11H,1H3,(H2,20,21,22,24)/b19-11-. The van der Waals surface area contributed by atoms with Crippen LogP contribution in [0, 0.1) is 10.1 Å². The van der Waals surface area contributed by atoms with Gasteiger partial charge in [0.2, 0.25) is 5.95 Å². The number of H-pyrrole nitrogens is 1. The van der Waals surface area contributed by atoms with E-state index in [-0.39, 0.29) is 17.2 Å². The predicted octanol–water partition coefficient (Wildman–Crippen LogP) is 2.80. The molecule has 27 heavy (non-hydrogen) atoms. The highest BCUT2D eigenvalue weighted by Gasteiger charge is 2.10. The summed E-state index contributed by atoms with van der Waals surface area (Å²) in [5.41, 5.74) is 3.65. The number of nitrogens with zero attached hydrogens (tertiary/aromatic N) is 3. The second kappa shape index (κ2) is 7.91. The number of methoxy groups -OCH3 is 1. The fourth-order valence-corrected chi connectivity index (χ4v) is 2.35. The van der Waals surface area contributed by atoms with Crippen molar-refractivity contribution in [3.8, 4) is 17.0 Å². The SMILES string of the molecule is COc1ccc(-c2cc(=O)[nH]c(N/N=C\c3ccccc3[N+](=O)[O-])n2)cc1. The Kier molecular flexibility index (Phi) is 5.22. The van der Waals surface area contributed by atoms with Crippen molar-refractivity contribution < 1.29 is 9.66 Å². The molecule has 0 amide bonds. The lowest BCUT2D eigenvalue weighted by Gasteiger charge is -2.05. The van der Waals surface area contributed by atoms with Crippen molar-refractivity contribution in [3.05, 3.63) is 80.6 Å². The molecule has 0 aliphatic rings. The summed E-state index contributed by atoms with van der Waals surface area (Å²) in [5, 5.41) is 14.9. The lowest BCUT2D eigenvalue weighted by molar-refractivity contribution is -0.385. The number of hydrogen-bond acceptors (Lipinski definition) is 7. The van der Waals surface area contributed by atoms with E-state index in [1.165, 1.54) is 18.3 Å². The smallest absolute Gasteiger partial charge is 0.278 e. The fourth-order valence-electron chi connectivity index (χ4n) is 2.35. The summed E-state index contributed by atoms with van der Waals surface area (Å²) in [4.78, 5) is 29.2. The van der Waals surface area contributed by atoms with Crippen LogP contribution >= 0.6 is 0 Å². The van der Waals surface area contributed by atoms with E-state index in [9.17, 15) is 14.9 Å². The van der Waals surface area contributed by atoms with Gasteiger partial charge in [0.15, 0.2) is 0 Å². The molecule has 0 fully saturated rings. The van der Waals surface area contributed by atoms with Gasteiger partial charge in [-0.2, -0.15) is 5.10 Å². The van der Waals surface area contributed by atoms with Gasteiger partial charge in [0.25, 0.3) is 11.2 Å². The zero-order valence-electron chi connectivity index (χ0n) is 14.2. The molecule has 3 rings (SSSR count). The molecule has 0 saturated carbocycles. The van der Waals surface area contributed by atoms with Gasteiger partial charge < -0.3 is 4.74 Å². The minimum Gasteiger partial charge on any atom is -0.497 e. The summed E-state index contributed by atoms with van der Waals surface area (Å²) >= 11 is 0. The molecule has 0 bridgehead atoms. The van der Waals surface area contributed by atoms with Crippen LogP contribution in [-0.2, 0) is 0 Å². The second-order valence-electron chi connectivity index (χ2n) is 5.39. The largest absolute Gasteiger partial charge is 0.497 e. The maximum atomic E-state index is 11.9. The third-order valence-corrected chi connectivity index (χ3v) is 3.63. The molecule has 1 heterocycles. The maximum Gasteiger partial charge on any atom is 0.278 e. The Bertz CT molecular complexity index is 1040. The van der Waals surface area contributed by atoms with Crippen molar-refractivity contribution in [2.45, 2.75) is 0 Å². The summed E-state index contributed by atoms with van der Waals surface area (Å²) in [6, 6.07) is 14.6. The minimum absolute atomic E-state index is 0.0727. The summed E-state index contributed by atoms with van der Waals surface area (Å²) in [6.07, 6.45) is 1.29. The van der Waals surface area contributed by atoms with Crippen molar-refractivity contribution in [1.82, 2.24) is 9.97 Å². The van der Waals surface area contributed by atoms with E-state index in [1.54, 1.807) is 49.6 Å². The molecule has 0 atom stereocenters. The molecular formula is C18H15N5O4. The van der Waals surface area contributed by atoms with Crippen molar-refractivity contribution in [2.75, 3.05) is 12.5 Å². The number of para-hydroxylation sites is 1. The van der Waals surface area contributed by atoms with E-state index in [0.29, 0.717) is 17.0 Å². The number of nitro groups is 1. The highest BCUT2D eigenvalue weighted by atomic mass is 16.6. The lowest BCUT2D eigenvalue weighted by atomic mass is 10.1. The number of aromatic nitrogens is 2. The molecule has 0 spiro atoms. The number of rotatable bonds is 6. The summed E-state index contributed by atoms with van der Waals surface area (Å²) in [7, 11) is 1.57. The van der Waals surface area contributed by atoms with Crippen molar-refractivity contribution in [2.24, 2.45) is 5.10 Å². The van der Waals surface area contributed by atoms with E-state index < -0.39 is 4.92 Å². The van der Waals surface area contributed by atoms with E-state index >= 15 is 0 Å². The van der Waals surface area contributed by atoms with Crippen LogP contribution in [0.5, 0.6) is 5.75 Å². The molecule has 0 unspecified atom stereocenters. The second-order valence-corrected chi connectivity index (χ2v) is 5.39. The number of hydrogen-bond donors (Lipinski definition) is 2. The molecule has 136 valence electrons. The Morgan fingerprint density at radius 3 is 2.67 bits per heavy atom. The molecule has 0 saturated heterocycles. The highest BCUT2D eigenvalue weighted by Crippen LogP contribution is 2.20. The Morgan fingerprint density at radius 2 is 1.96 bits per heavy atom. The average Bonchev–Trinajstić information content (AvgIpc) is 2.68. The summed E-state index contributed by atoms with van der Waals surface area (Å²) < 4.78 is 5.11. The van der Waals surface area contributed by atoms with E-state index in [4.69, 9.17) is 4.74 Å². The van der Waals surface area contributed by atoms with Gasteiger partial charge in [-0.1, -0.05) is 12.1 Å². The summed E-state index contributed by atoms with van der Waals surface area (Å²) in [5.74, 6) is 0.805. The normalized spacial score (nSPS) is 10.7. The van der Waals surface area contributed by atoms with Crippen LogP contribution in [0.3, 0.4) is 0 Å². The van der Waals surface area contributed by atoms with Crippen molar-refractivity contribution in [1.29, 1.82) is 0 Å². The minimum atomic E-state index is -0.494. The van der Waals surface area contributed by atoms with Crippen molar-refractivity contribution >= 4 is 17.9 Å². The number of benzene rings is 2.